The van der Waals surface area contributed by atoms with E-state index in [-0.39, 0.29) is 6.10 Å². The molecule has 0 saturated carbocycles. The number of nitrogens with zero attached hydrogens (tertiary/aromatic N) is 3. The number of aliphatic hydroxyl groups is 1. The molecule has 1 aromatic heterocycles. The lowest BCUT2D eigenvalue weighted by molar-refractivity contribution is 0.0240. The molecule has 0 aliphatic carbocycles. The van der Waals surface area contributed by atoms with Crippen molar-refractivity contribution in [1.82, 2.24) is 4.98 Å². The third-order valence-electron chi connectivity index (χ3n) is 4.54. The Kier molecular flexibility index (Phi) is 5.20. The number of ether oxygens (including phenoxy) is 1. The van der Waals surface area contributed by atoms with Gasteiger partial charge in [0.15, 0.2) is 0 Å². The van der Waals surface area contributed by atoms with E-state index in [1.165, 1.54) is 5.56 Å². The number of benzene rings is 1. The molecule has 130 valence electrons. The monoisotopic (exact) mass is 337 g/mol. The molecule has 0 bridgehead atoms. The molecule has 25 heavy (non-hydrogen) atoms. The van der Waals surface area contributed by atoms with Crippen LogP contribution in [0.3, 0.4) is 0 Å². The minimum atomic E-state index is -0.634. The van der Waals surface area contributed by atoms with Crippen molar-refractivity contribution >= 4 is 5.82 Å². The van der Waals surface area contributed by atoms with Crippen LogP contribution in [0.1, 0.15) is 37.3 Å². The Morgan fingerprint density at radius 2 is 2.16 bits per heavy atom. The van der Waals surface area contributed by atoms with Gasteiger partial charge in [-0.25, -0.2) is 4.98 Å². The predicted octanol–water partition coefficient (Wildman–Crippen LogP) is 3.10. The molecule has 2 heterocycles. The summed E-state index contributed by atoms with van der Waals surface area (Å²) in [6.07, 6.45) is 1.45. The molecule has 0 radical (unpaired) electrons. The highest BCUT2D eigenvalue weighted by Crippen LogP contribution is 2.26. The van der Waals surface area contributed by atoms with Crippen LogP contribution in [-0.2, 0) is 0 Å². The Morgan fingerprint density at radius 1 is 1.32 bits per heavy atom. The number of anilines is 1. The Hall–Kier alpha value is -2.58. The molecule has 1 aromatic carbocycles. The number of piperidine rings is 1. The molecule has 1 aliphatic heterocycles. The number of β-amino-alcohol motifs (C(OH)–C–C–N with tert-alkyl or cyclic N) is 1. The summed E-state index contributed by atoms with van der Waals surface area (Å²) < 4.78 is 6.04. The highest BCUT2D eigenvalue weighted by molar-refractivity contribution is 5.53. The molecule has 1 saturated heterocycles. The molecule has 1 N–H and O–H groups in total. The topological polar surface area (TPSA) is 69.4 Å². The summed E-state index contributed by atoms with van der Waals surface area (Å²) in [5, 5.41) is 19.8. The summed E-state index contributed by atoms with van der Waals surface area (Å²) in [5.41, 5.74) is 1.75. The molecule has 5 nitrogen and oxygen atoms in total. The summed E-state index contributed by atoms with van der Waals surface area (Å²) in [6.45, 7) is 5.38. The second-order valence-corrected chi connectivity index (χ2v) is 6.67. The highest BCUT2D eigenvalue weighted by atomic mass is 16.5. The van der Waals surface area contributed by atoms with Crippen LogP contribution in [0.15, 0.2) is 42.6 Å². The number of hydrogen-bond acceptors (Lipinski definition) is 5. The fourth-order valence-corrected chi connectivity index (χ4v) is 3.10. The lowest BCUT2D eigenvalue weighted by atomic mass is 10.0. The lowest BCUT2D eigenvalue weighted by Crippen LogP contribution is -2.49. The van der Waals surface area contributed by atoms with Crippen LogP contribution >= 0.6 is 0 Å². The molecule has 2 aromatic rings. The summed E-state index contributed by atoms with van der Waals surface area (Å²) >= 11 is 0. The van der Waals surface area contributed by atoms with E-state index < -0.39 is 6.10 Å². The Labute approximate surface area is 148 Å². The van der Waals surface area contributed by atoms with E-state index in [9.17, 15) is 10.4 Å². The normalized spacial score (nSPS) is 20.4. The molecular formula is C20H23N3O2. The summed E-state index contributed by atoms with van der Waals surface area (Å²) in [4.78, 5) is 6.25. The second kappa shape index (κ2) is 7.54. The van der Waals surface area contributed by atoms with Crippen molar-refractivity contribution in [1.29, 1.82) is 5.26 Å². The van der Waals surface area contributed by atoms with Crippen LogP contribution in [0.2, 0.25) is 0 Å². The van der Waals surface area contributed by atoms with Gasteiger partial charge in [-0.15, -0.1) is 0 Å². The largest absolute Gasteiger partial charge is 0.488 e. The zero-order valence-corrected chi connectivity index (χ0v) is 14.6. The van der Waals surface area contributed by atoms with E-state index in [1.807, 2.05) is 23.1 Å². The minimum Gasteiger partial charge on any atom is -0.488 e. The maximum absolute atomic E-state index is 10.5. The molecule has 5 heteroatoms. The number of nitriles is 1. The molecule has 2 atom stereocenters. The van der Waals surface area contributed by atoms with Crippen molar-refractivity contribution in [3.8, 4) is 11.8 Å². The van der Waals surface area contributed by atoms with E-state index in [1.54, 1.807) is 18.3 Å². The molecule has 3 rings (SSSR count). The van der Waals surface area contributed by atoms with Gasteiger partial charge < -0.3 is 14.7 Å². The van der Waals surface area contributed by atoms with Gasteiger partial charge in [0, 0.05) is 25.7 Å². The fourth-order valence-electron chi connectivity index (χ4n) is 3.10. The lowest BCUT2D eigenvalue weighted by Gasteiger charge is -2.36. The number of rotatable bonds is 4. The Balaban J connectivity index is 1.68. The van der Waals surface area contributed by atoms with E-state index in [0.29, 0.717) is 36.8 Å². The molecule has 0 amide bonds. The SMILES string of the molecule is CC(C)c1cccc(O[C@@H]2CCN(c3ncccc3C#N)C[C@H]2O)c1. The van der Waals surface area contributed by atoms with Gasteiger partial charge in [0.1, 0.15) is 29.8 Å². The number of aliphatic hydroxyl groups excluding tert-OH is 1. The van der Waals surface area contributed by atoms with Gasteiger partial charge in [-0.3, -0.25) is 0 Å². The van der Waals surface area contributed by atoms with Crippen LogP contribution in [-0.4, -0.2) is 35.4 Å². The van der Waals surface area contributed by atoms with Crippen LogP contribution in [0.5, 0.6) is 5.75 Å². The van der Waals surface area contributed by atoms with Crippen molar-refractivity contribution in [2.75, 3.05) is 18.0 Å². The average molecular weight is 337 g/mol. The summed E-state index contributed by atoms with van der Waals surface area (Å²) in [5.74, 6) is 1.85. The highest BCUT2D eigenvalue weighted by Gasteiger charge is 2.30. The maximum Gasteiger partial charge on any atom is 0.146 e. The first-order chi connectivity index (χ1) is 12.1. The van der Waals surface area contributed by atoms with Gasteiger partial charge in [-0.05, 0) is 35.7 Å². The van der Waals surface area contributed by atoms with E-state index in [2.05, 4.69) is 31.0 Å². The standard InChI is InChI=1S/C20H23N3O2/c1-14(2)15-5-3-7-17(11-15)25-19-8-10-23(13-18(19)24)20-16(12-21)6-4-9-22-20/h3-7,9,11,14,18-19,24H,8,10,13H2,1-2H3/t18-,19-/m1/s1. The smallest absolute Gasteiger partial charge is 0.146 e. The van der Waals surface area contributed by atoms with Gasteiger partial charge in [-0.1, -0.05) is 26.0 Å². The first-order valence-electron chi connectivity index (χ1n) is 8.63. The first kappa shape index (κ1) is 17.2. The Bertz CT molecular complexity index is 770. The van der Waals surface area contributed by atoms with Crippen molar-refractivity contribution in [3.63, 3.8) is 0 Å². The van der Waals surface area contributed by atoms with E-state index >= 15 is 0 Å². The molecule has 1 aliphatic rings. The third kappa shape index (κ3) is 3.92. The average Bonchev–Trinajstić information content (AvgIpc) is 2.63. The predicted molar refractivity (Wildman–Crippen MR) is 96.7 cm³/mol. The molecule has 1 fully saturated rings. The van der Waals surface area contributed by atoms with E-state index in [4.69, 9.17) is 4.74 Å². The molecule has 0 spiro atoms. The van der Waals surface area contributed by atoms with Crippen molar-refractivity contribution in [2.45, 2.75) is 38.4 Å². The Morgan fingerprint density at radius 3 is 2.88 bits per heavy atom. The van der Waals surface area contributed by atoms with Crippen LogP contribution in [0.4, 0.5) is 5.82 Å². The first-order valence-corrected chi connectivity index (χ1v) is 8.63. The van der Waals surface area contributed by atoms with Gasteiger partial charge in [0.25, 0.3) is 0 Å². The summed E-state index contributed by atoms with van der Waals surface area (Å²) in [7, 11) is 0. The van der Waals surface area contributed by atoms with Crippen molar-refractivity contribution in [2.24, 2.45) is 0 Å². The number of aromatic nitrogens is 1. The van der Waals surface area contributed by atoms with Gasteiger partial charge in [0.2, 0.25) is 0 Å². The van der Waals surface area contributed by atoms with Crippen LogP contribution in [0.25, 0.3) is 0 Å². The van der Waals surface area contributed by atoms with E-state index in [0.717, 1.165) is 5.75 Å². The maximum atomic E-state index is 10.5. The third-order valence-corrected chi connectivity index (χ3v) is 4.54. The number of hydrogen-bond donors (Lipinski definition) is 1. The fraction of sp³-hybridized carbons (Fsp3) is 0.400. The van der Waals surface area contributed by atoms with Gasteiger partial charge in [-0.2, -0.15) is 5.26 Å². The zero-order valence-electron chi connectivity index (χ0n) is 14.6. The quantitative estimate of drug-likeness (QED) is 0.928. The molecular weight excluding hydrogens is 314 g/mol. The molecule has 0 unspecified atom stereocenters. The van der Waals surface area contributed by atoms with Crippen LogP contribution < -0.4 is 9.64 Å². The van der Waals surface area contributed by atoms with Gasteiger partial charge in [0.05, 0.1) is 5.56 Å². The second-order valence-electron chi connectivity index (χ2n) is 6.67. The van der Waals surface area contributed by atoms with Crippen LogP contribution in [0, 0.1) is 11.3 Å². The minimum absolute atomic E-state index is 0.257. The van der Waals surface area contributed by atoms with Gasteiger partial charge >= 0.3 is 0 Å². The van der Waals surface area contributed by atoms with Crippen molar-refractivity contribution in [3.05, 3.63) is 53.7 Å². The van der Waals surface area contributed by atoms with Crippen molar-refractivity contribution < 1.29 is 9.84 Å². The zero-order chi connectivity index (χ0) is 17.8. The number of pyridine rings is 1. The summed E-state index contributed by atoms with van der Waals surface area (Å²) in [6, 6.07) is 13.7.